The van der Waals surface area contributed by atoms with Crippen molar-refractivity contribution in [2.75, 3.05) is 26.1 Å². The first-order chi connectivity index (χ1) is 12.0. The van der Waals surface area contributed by atoms with Gasteiger partial charge in [-0.1, -0.05) is 13.8 Å². The maximum atomic E-state index is 12.1. The molecule has 0 aliphatic heterocycles. The number of carbonyl (C=O) groups excluding carboxylic acids is 1. The van der Waals surface area contributed by atoms with Crippen LogP contribution in [-0.2, 0) is 0 Å². The second-order valence-electron chi connectivity index (χ2n) is 5.92. The van der Waals surface area contributed by atoms with Crippen LogP contribution in [0.25, 0.3) is 0 Å². The standard InChI is InChI=1S/C18H24N4O3/c1-12(2)7-8-19-18(23)14-10-17(21-11-20-14)22-13-5-6-15(24-3)16(9-13)25-4/h5-6,9-12H,7-8H2,1-4H3,(H,19,23)(H,20,21,22). The summed E-state index contributed by atoms with van der Waals surface area (Å²) >= 11 is 0. The number of carbonyl (C=O) groups is 1. The van der Waals surface area contributed by atoms with Gasteiger partial charge in [0.25, 0.3) is 5.91 Å². The normalized spacial score (nSPS) is 10.4. The van der Waals surface area contributed by atoms with Crippen LogP contribution in [0.3, 0.4) is 0 Å². The Labute approximate surface area is 147 Å². The first-order valence-corrected chi connectivity index (χ1v) is 8.12. The second kappa shape index (κ2) is 8.86. The highest BCUT2D eigenvalue weighted by Gasteiger charge is 2.10. The van der Waals surface area contributed by atoms with E-state index in [4.69, 9.17) is 9.47 Å². The second-order valence-corrected chi connectivity index (χ2v) is 5.92. The van der Waals surface area contributed by atoms with Crippen LogP contribution in [0.2, 0.25) is 0 Å². The summed E-state index contributed by atoms with van der Waals surface area (Å²) in [6, 6.07) is 7.04. The van der Waals surface area contributed by atoms with Gasteiger partial charge in [0.1, 0.15) is 17.8 Å². The molecule has 0 aliphatic rings. The summed E-state index contributed by atoms with van der Waals surface area (Å²) in [5.74, 6) is 2.09. The lowest BCUT2D eigenvalue weighted by Crippen LogP contribution is -2.26. The number of amides is 1. The van der Waals surface area contributed by atoms with Gasteiger partial charge in [-0.05, 0) is 24.5 Å². The molecule has 1 aromatic heterocycles. The molecule has 0 fully saturated rings. The molecule has 0 saturated carbocycles. The number of hydrogen-bond donors (Lipinski definition) is 2. The number of benzene rings is 1. The van der Waals surface area contributed by atoms with Crippen molar-refractivity contribution in [2.24, 2.45) is 5.92 Å². The first kappa shape index (κ1) is 18.5. The van der Waals surface area contributed by atoms with Crippen LogP contribution in [0.4, 0.5) is 11.5 Å². The fourth-order valence-electron chi connectivity index (χ4n) is 2.18. The molecule has 1 heterocycles. The summed E-state index contributed by atoms with van der Waals surface area (Å²) in [5.41, 5.74) is 1.09. The molecule has 0 atom stereocenters. The van der Waals surface area contributed by atoms with E-state index in [0.29, 0.717) is 35.5 Å². The predicted molar refractivity (Wildman–Crippen MR) is 96.6 cm³/mol. The molecule has 2 N–H and O–H groups in total. The molecule has 25 heavy (non-hydrogen) atoms. The van der Waals surface area contributed by atoms with Crippen molar-refractivity contribution in [3.63, 3.8) is 0 Å². The number of nitrogens with one attached hydrogen (secondary N) is 2. The topological polar surface area (TPSA) is 85.4 Å². The van der Waals surface area contributed by atoms with Gasteiger partial charge in [-0.25, -0.2) is 9.97 Å². The van der Waals surface area contributed by atoms with Gasteiger partial charge in [-0.3, -0.25) is 4.79 Å². The molecule has 0 radical (unpaired) electrons. The zero-order chi connectivity index (χ0) is 18.2. The number of aromatic nitrogens is 2. The Morgan fingerprint density at radius 2 is 1.88 bits per heavy atom. The molecule has 7 heteroatoms. The van der Waals surface area contributed by atoms with Crippen molar-refractivity contribution < 1.29 is 14.3 Å². The Bertz CT molecular complexity index is 719. The summed E-state index contributed by atoms with van der Waals surface area (Å²) in [6.45, 7) is 4.85. The van der Waals surface area contributed by atoms with Crippen LogP contribution >= 0.6 is 0 Å². The lowest BCUT2D eigenvalue weighted by molar-refractivity contribution is 0.0947. The van der Waals surface area contributed by atoms with Crippen molar-refractivity contribution >= 4 is 17.4 Å². The van der Waals surface area contributed by atoms with E-state index in [-0.39, 0.29) is 5.91 Å². The van der Waals surface area contributed by atoms with Crippen LogP contribution in [0.1, 0.15) is 30.8 Å². The van der Waals surface area contributed by atoms with E-state index < -0.39 is 0 Å². The molecular formula is C18H24N4O3. The van der Waals surface area contributed by atoms with Crippen molar-refractivity contribution in [2.45, 2.75) is 20.3 Å². The van der Waals surface area contributed by atoms with Gasteiger partial charge in [-0.2, -0.15) is 0 Å². The first-order valence-electron chi connectivity index (χ1n) is 8.12. The third kappa shape index (κ3) is 5.34. The smallest absolute Gasteiger partial charge is 0.270 e. The number of methoxy groups -OCH3 is 2. The van der Waals surface area contributed by atoms with Gasteiger partial charge >= 0.3 is 0 Å². The molecule has 0 aliphatic carbocycles. The van der Waals surface area contributed by atoms with Crippen molar-refractivity contribution in [1.82, 2.24) is 15.3 Å². The highest BCUT2D eigenvalue weighted by Crippen LogP contribution is 2.30. The maximum absolute atomic E-state index is 12.1. The zero-order valence-electron chi connectivity index (χ0n) is 15.0. The minimum absolute atomic E-state index is 0.210. The van der Waals surface area contributed by atoms with E-state index in [1.54, 1.807) is 32.4 Å². The van der Waals surface area contributed by atoms with E-state index in [9.17, 15) is 4.79 Å². The molecule has 0 unspecified atom stereocenters. The summed E-state index contributed by atoms with van der Waals surface area (Å²) < 4.78 is 10.5. The summed E-state index contributed by atoms with van der Waals surface area (Å²) in [5, 5.41) is 5.99. The monoisotopic (exact) mass is 344 g/mol. The van der Waals surface area contributed by atoms with E-state index in [1.165, 1.54) is 6.33 Å². The van der Waals surface area contributed by atoms with Crippen LogP contribution < -0.4 is 20.1 Å². The quantitative estimate of drug-likeness (QED) is 0.766. The number of hydrogen-bond acceptors (Lipinski definition) is 6. The van der Waals surface area contributed by atoms with E-state index in [1.807, 2.05) is 6.07 Å². The van der Waals surface area contributed by atoms with Crippen molar-refractivity contribution in [3.8, 4) is 11.5 Å². The molecule has 134 valence electrons. The molecule has 0 bridgehead atoms. The van der Waals surface area contributed by atoms with Gasteiger partial charge in [0.15, 0.2) is 11.5 Å². The lowest BCUT2D eigenvalue weighted by Gasteiger charge is -2.11. The fraction of sp³-hybridized carbons (Fsp3) is 0.389. The lowest BCUT2D eigenvalue weighted by atomic mass is 10.1. The molecule has 0 saturated heterocycles. The number of nitrogens with zero attached hydrogens (tertiary/aromatic N) is 2. The third-order valence-corrected chi connectivity index (χ3v) is 3.56. The fourth-order valence-corrected chi connectivity index (χ4v) is 2.18. The van der Waals surface area contributed by atoms with Gasteiger partial charge in [0.05, 0.1) is 14.2 Å². The molecule has 0 spiro atoms. The highest BCUT2D eigenvalue weighted by molar-refractivity contribution is 5.92. The van der Waals surface area contributed by atoms with Crippen LogP contribution in [0.15, 0.2) is 30.6 Å². The minimum Gasteiger partial charge on any atom is -0.493 e. The number of anilines is 2. The molecule has 2 aromatic rings. The minimum atomic E-state index is -0.210. The molecule has 1 amide bonds. The molecular weight excluding hydrogens is 320 g/mol. The Balaban J connectivity index is 2.07. The van der Waals surface area contributed by atoms with E-state index >= 15 is 0 Å². The van der Waals surface area contributed by atoms with Gasteiger partial charge in [0, 0.05) is 24.4 Å². The largest absolute Gasteiger partial charge is 0.493 e. The third-order valence-electron chi connectivity index (χ3n) is 3.56. The highest BCUT2D eigenvalue weighted by atomic mass is 16.5. The molecule has 7 nitrogen and oxygen atoms in total. The van der Waals surface area contributed by atoms with Gasteiger partial charge in [0.2, 0.25) is 0 Å². The van der Waals surface area contributed by atoms with E-state index in [0.717, 1.165) is 12.1 Å². The zero-order valence-corrected chi connectivity index (χ0v) is 15.0. The van der Waals surface area contributed by atoms with Crippen LogP contribution in [0, 0.1) is 5.92 Å². The molecule has 2 rings (SSSR count). The van der Waals surface area contributed by atoms with Gasteiger partial charge < -0.3 is 20.1 Å². The summed E-state index contributed by atoms with van der Waals surface area (Å²) in [7, 11) is 3.16. The SMILES string of the molecule is COc1ccc(Nc2cc(C(=O)NCCC(C)C)ncn2)cc1OC. The van der Waals surface area contributed by atoms with Crippen molar-refractivity contribution in [3.05, 3.63) is 36.3 Å². The summed E-state index contributed by atoms with van der Waals surface area (Å²) in [4.78, 5) is 20.3. The maximum Gasteiger partial charge on any atom is 0.270 e. The summed E-state index contributed by atoms with van der Waals surface area (Å²) in [6.07, 6.45) is 2.29. The van der Waals surface area contributed by atoms with Crippen LogP contribution in [-0.4, -0.2) is 36.6 Å². The van der Waals surface area contributed by atoms with Crippen molar-refractivity contribution in [1.29, 1.82) is 0 Å². The van der Waals surface area contributed by atoms with Gasteiger partial charge in [-0.15, -0.1) is 0 Å². The van der Waals surface area contributed by atoms with E-state index in [2.05, 4.69) is 34.4 Å². The Morgan fingerprint density at radius 3 is 2.56 bits per heavy atom. The number of ether oxygens (including phenoxy) is 2. The Hall–Kier alpha value is -2.83. The number of rotatable bonds is 8. The Kier molecular flexibility index (Phi) is 6.56. The van der Waals surface area contributed by atoms with Crippen LogP contribution in [0.5, 0.6) is 11.5 Å². The average Bonchev–Trinajstić information content (AvgIpc) is 2.61. The molecule has 1 aromatic carbocycles. The predicted octanol–water partition coefficient (Wildman–Crippen LogP) is 3.01. The Morgan fingerprint density at radius 1 is 1.12 bits per heavy atom. The average molecular weight is 344 g/mol.